The third kappa shape index (κ3) is 1.54. The van der Waals surface area contributed by atoms with Crippen molar-refractivity contribution in [1.82, 2.24) is 15.2 Å². The second kappa shape index (κ2) is 2.47. The van der Waals surface area contributed by atoms with Gasteiger partial charge in [0.05, 0.1) is 6.42 Å². The lowest BCUT2D eigenvalue weighted by Crippen LogP contribution is -2.14. The van der Waals surface area contributed by atoms with E-state index in [0.717, 1.165) is 0 Å². The van der Waals surface area contributed by atoms with E-state index in [1.54, 1.807) is 6.92 Å². The van der Waals surface area contributed by atoms with E-state index in [1.165, 1.54) is 0 Å². The average Bonchev–Trinajstić information content (AvgIpc) is 2.13. The lowest BCUT2D eigenvalue weighted by Gasteiger charge is -1.84. The molecule has 0 atom stereocenters. The molecule has 0 unspecified atom stereocenters. The van der Waals surface area contributed by atoms with Gasteiger partial charge in [-0.25, -0.2) is 4.98 Å². The molecule has 0 spiro atoms. The van der Waals surface area contributed by atoms with Crippen molar-refractivity contribution in [3.8, 4) is 0 Å². The zero-order valence-corrected chi connectivity index (χ0v) is 5.59. The normalized spacial score (nSPS) is 9.70. The van der Waals surface area contributed by atoms with Crippen molar-refractivity contribution in [3.05, 3.63) is 11.6 Å². The number of rotatable bonds is 2. The smallest absolute Gasteiger partial charge is 0.225 e. The van der Waals surface area contributed by atoms with Crippen molar-refractivity contribution in [3.63, 3.8) is 0 Å². The van der Waals surface area contributed by atoms with Crippen LogP contribution in [0.1, 0.15) is 11.6 Å². The maximum absolute atomic E-state index is 10.3. The van der Waals surface area contributed by atoms with Crippen LogP contribution in [0.2, 0.25) is 0 Å². The van der Waals surface area contributed by atoms with Crippen LogP contribution in [0.4, 0.5) is 0 Å². The quantitative estimate of drug-likeness (QED) is 0.560. The predicted molar refractivity (Wildman–Crippen MR) is 34.0 cm³/mol. The average molecular weight is 140 g/mol. The SMILES string of the molecule is Cc1nc(CC(N)=O)n[nH]1. The molecular weight excluding hydrogens is 132 g/mol. The molecule has 0 radical (unpaired) electrons. The molecule has 1 aromatic rings. The Kier molecular flexibility index (Phi) is 1.66. The largest absolute Gasteiger partial charge is 0.369 e. The third-order valence-corrected chi connectivity index (χ3v) is 0.976. The van der Waals surface area contributed by atoms with Crippen LogP contribution in [0.5, 0.6) is 0 Å². The van der Waals surface area contributed by atoms with Crippen LogP contribution < -0.4 is 5.73 Å². The second-order valence-corrected chi connectivity index (χ2v) is 1.98. The minimum absolute atomic E-state index is 0.102. The molecule has 0 aliphatic rings. The third-order valence-electron chi connectivity index (χ3n) is 0.976. The van der Waals surface area contributed by atoms with Crippen LogP contribution in [0, 0.1) is 6.92 Å². The van der Waals surface area contributed by atoms with Crippen molar-refractivity contribution in [2.24, 2.45) is 5.73 Å². The molecule has 0 saturated carbocycles. The van der Waals surface area contributed by atoms with Gasteiger partial charge in [-0.1, -0.05) is 0 Å². The Hall–Kier alpha value is -1.39. The van der Waals surface area contributed by atoms with Gasteiger partial charge >= 0.3 is 0 Å². The molecular formula is C5H8N4O. The summed E-state index contributed by atoms with van der Waals surface area (Å²) in [6.45, 7) is 1.76. The molecule has 5 heteroatoms. The maximum atomic E-state index is 10.3. The van der Waals surface area contributed by atoms with Gasteiger partial charge in [0.2, 0.25) is 5.91 Å². The first-order chi connectivity index (χ1) is 4.68. The van der Waals surface area contributed by atoms with Crippen molar-refractivity contribution < 1.29 is 4.79 Å². The van der Waals surface area contributed by atoms with Crippen LogP contribution in [0.3, 0.4) is 0 Å². The second-order valence-electron chi connectivity index (χ2n) is 1.98. The zero-order chi connectivity index (χ0) is 7.56. The molecule has 0 aliphatic heterocycles. The van der Waals surface area contributed by atoms with Gasteiger partial charge in [-0.3, -0.25) is 9.89 Å². The zero-order valence-electron chi connectivity index (χ0n) is 5.59. The van der Waals surface area contributed by atoms with Gasteiger partial charge in [-0.15, -0.1) is 0 Å². The Labute approximate surface area is 57.6 Å². The van der Waals surface area contributed by atoms with Gasteiger partial charge in [0.1, 0.15) is 5.82 Å². The number of carbonyl (C=O) groups excluding carboxylic acids is 1. The van der Waals surface area contributed by atoms with Crippen LogP contribution in [0.25, 0.3) is 0 Å². The number of nitrogens with two attached hydrogens (primary N) is 1. The van der Waals surface area contributed by atoms with Gasteiger partial charge in [-0.05, 0) is 6.92 Å². The van der Waals surface area contributed by atoms with Crippen molar-refractivity contribution >= 4 is 5.91 Å². The predicted octanol–water partition coefficient (Wildman–Crippen LogP) is -0.859. The molecule has 1 heterocycles. The molecule has 1 amide bonds. The summed E-state index contributed by atoms with van der Waals surface area (Å²) >= 11 is 0. The van der Waals surface area contributed by atoms with E-state index in [4.69, 9.17) is 5.73 Å². The number of H-pyrrole nitrogens is 1. The molecule has 3 N–H and O–H groups in total. The van der Waals surface area contributed by atoms with E-state index in [-0.39, 0.29) is 6.42 Å². The van der Waals surface area contributed by atoms with Gasteiger partial charge in [0.15, 0.2) is 5.82 Å². The monoisotopic (exact) mass is 140 g/mol. The minimum Gasteiger partial charge on any atom is -0.369 e. The number of carbonyl (C=O) groups is 1. The topological polar surface area (TPSA) is 84.7 Å². The Morgan fingerprint density at radius 3 is 2.90 bits per heavy atom. The Bertz CT molecular complexity index is 242. The minimum atomic E-state index is -0.418. The van der Waals surface area contributed by atoms with Gasteiger partial charge in [0, 0.05) is 0 Å². The Balaban J connectivity index is 2.67. The molecule has 1 rings (SSSR count). The molecule has 0 aliphatic carbocycles. The summed E-state index contributed by atoms with van der Waals surface area (Å²) in [5.41, 5.74) is 4.90. The first-order valence-electron chi connectivity index (χ1n) is 2.84. The summed E-state index contributed by atoms with van der Waals surface area (Å²) in [6, 6.07) is 0. The maximum Gasteiger partial charge on any atom is 0.225 e. The summed E-state index contributed by atoms with van der Waals surface area (Å²) in [5, 5.41) is 6.32. The first kappa shape index (κ1) is 6.73. The van der Waals surface area contributed by atoms with Gasteiger partial charge < -0.3 is 5.73 Å². The highest BCUT2D eigenvalue weighted by atomic mass is 16.1. The Morgan fingerprint density at radius 2 is 2.50 bits per heavy atom. The number of aromatic nitrogens is 3. The number of aryl methyl sites for hydroxylation is 1. The fourth-order valence-corrected chi connectivity index (χ4v) is 0.624. The fourth-order valence-electron chi connectivity index (χ4n) is 0.624. The summed E-state index contributed by atoms with van der Waals surface area (Å²) in [7, 11) is 0. The molecule has 10 heavy (non-hydrogen) atoms. The molecule has 54 valence electrons. The fraction of sp³-hybridized carbons (Fsp3) is 0.400. The van der Waals surface area contributed by atoms with Crippen LogP contribution >= 0.6 is 0 Å². The molecule has 0 saturated heterocycles. The highest BCUT2D eigenvalue weighted by Crippen LogP contribution is 1.89. The number of aromatic amines is 1. The number of primary amides is 1. The van der Waals surface area contributed by atoms with E-state index in [2.05, 4.69) is 15.2 Å². The number of hydrogen-bond donors (Lipinski definition) is 2. The highest BCUT2D eigenvalue weighted by molar-refractivity contribution is 5.75. The molecule has 1 aromatic heterocycles. The summed E-state index contributed by atoms with van der Waals surface area (Å²) in [5.74, 6) is 0.722. The van der Waals surface area contributed by atoms with E-state index in [0.29, 0.717) is 11.6 Å². The molecule has 5 nitrogen and oxygen atoms in total. The standard InChI is InChI=1S/C5H8N4O/c1-3-7-5(9-8-3)2-4(6)10/h2H2,1H3,(H2,6,10)(H,7,8,9). The number of hydrogen-bond acceptors (Lipinski definition) is 3. The van der Waals surface area contributed by atoms with Crippen LogP contribution in [-0.4, -0.2) is 21.1 Å². The summed E-state index contributed by atoms with van der Waals surface area (Å²) in [6.07, 6.45) is 0.102. The van der Waals surface area contributed by atoms with E-state index in [9.17, 15) is 4.79 Å². The highest BCUT2D eigenvalue weighted by Gasteiger charge is 2.02. The van der Waals surface area contributed by atoms with Crippen molar-refractivity contribution in [2.75, 3.05) is 0 Å². The lowest BCUT2D eigenvalue weighted by molar-refractivity contribution is -0.117. The van der Waals surface area contributed by atoms with Crippen molar-refractivity contribution in [2.45, 2.75) is 13.3 Å². The Morgan fingerprint density at radius 1 is 1.80 bits per heavy atom. The van der Waals surface area contributed by atoms with E-state index >= 15 is 0 Å². The van der Waals surface area contributed by atoms with Gasteiger partial charge in [0.25, 0.3) is 0 Å². The van der Waals surface area contributed by atoms with E-state index in [1.807, 2.05) is 0 Å². The number of nitrogens with zero attached hydrogens (tertiary/aromatic N) is 2. The van der Waals surface area contributed by atoms with Crippen molar-refractivity contribution in [1.29, 1.82) is 0 Å². The van der Waals surface area contributed by atoms with Gasteiger partial charge in [-0.2, -0.15) is 5.10 Å². The van der Waals surface area contributed by atoms with Crippen LogP contribution in [-0.2, 0) is 11.2 Å². The van der Waals surface area contributed by atoms with E-state index < -0.39 is 5.91 Å². The first-order valence-corrected chi connectivity index (χ1v) is 2.84. The summed E-state index contributed by atoms with van der Waals surface area (Å²) in [4.78, 5) is 14.2. The molecule has 0 bridgehead atoms. The number of amides is 1. The molecule has 0 fully saturated rings. The summed E-state index contributed by atoms with van der Waals surface area (Å²) < 4.78 is 0. The van der Waals surface area contributed by atoms with Crippen LogP contribution in [0.15, 0.2) is 0 Å². The lowest BCUT2D eigenvalue weighted by atomic mass is 10.4. The number of nitrogens with one attached hydrogen (secondary N) is 1. The molecule has 0 aromatic carbocycles.